The zero-order chi connectivity index (χ0) is 49.7. The number of aromatic amines is 1. The smallest absolute Gasteiger partial charge is 0.291 e. The number of aromatic nitrogens is 20. The van der Waals surface area contributed by atoms with E-state index >= 15 is 0 Å². The number of nitrogen functional groups attached to an aromatic ring is 4. The van der Waals surface area contributed by atoms with Gasteiger partial charge in [-0.05, 0) is 76.2 Å². The fourth-order valence-corrected chi connectivity index (χ4v) is 6.51. The molecule has 68 heavy (non-hydrogen) atoms. The van der Waals surface area contributed by atoms with Gasteiger partial charge in [0, 0.05) is 31.6 Å². The summed E-state index contributed by atoms with van der Waals surface area (Å²) in [6.07, 6.45) is 9.78. The summed E-state index contributed by atoms with van der Waals surface area (Å²) in [4.78, 5) is 68.9. The monoisotopic (exact) mass is 939 g/mol. The molecule has 10 aromatic rings. The fraction of sp³-hybridized carbons (Fsp3) is 0.390. The Kier molecular flexibility index (Phi) is 14.7. The number of aryl methyl sites for hydroxylation is 1. The summed E-state index contributed by atoms with van der Waals surface area (Å²) >= 11 is 0. The average Bonchev–Trinajstić information content (AvgIpc) is 4.11. The van der Waals surface area contributed by atoms with E-state index in [1.807, 2.05) is 73.5 Å². The molecular formula is C41H56F2N24O. The molecule has 0 saturated heterocycles. The molecule has 0 aliphatic heterocycles. The molecule has 27 heteroatoms. The molecular weight excluding hydrogens is 883 g/mol. The van der Waals surface area contributed by atoms with Crippen molar-refractivity contribution in [2.45, 2.75) is 106 Å². The molecule has 0 atom stereocenters. The van der Waals surface area contributed by atoms with E-state index in [2.05, 4.69) is 97.5 Å². The van der Waals surface area contributed by atoms with Crippen LogP contribution >= 0.6 is 0 Å². The van der Waals surface area contributed by atoms with E-state index in [4.69, 9.17) is 22.9 Å². The number of anilines is 4. The van der Waals surface area contributed by atoms with E-state index in [0.29, 0.717) is 51.6 Å². The number of imidazole rings is 5. The van der Waals surface area contributed by atoms with Gasteiger partial charge < -0.3 is 41.2 Å². The van der Waals surface area contributed by atoms with Gasteiger partial charge in [-0.3, -0.25) is 14.3 Å². The summed E-state index contributed by atoms with van der Waals surface area (Å²) in [7, 11) is 0. The van der Waals surface area contributed by atoms with Gasteiger partial charge in [0.2, 0.25) is 5.95 Å². The van der Waals surface area contributed by atoms with Gasteiger partial charge in [-0.2, -0.15) is 28.7 Å². The normalized spacial score (nSPS) is 11.4. The third-order valence-electron chi connectivity index (χ3n) is 9.90. The lowest BCUT2D eigenvalue weighted by molar-refractivity contribution is 0.442. The molecule has 0 spiro atoms. The molecule has 0 aliphatic carbocycles. The Morgan fingerprint density at radius 1 is 0.500 bits per heavy atom. The number of fused-ring (bicyclic) bond motifs is 5. The van der Waals surface area contributed by atoms with Gasteiger partial charge in [0.1, 0.15) is 35.0 Å². The Morgan fingerprint density at radius 3 is 1.56 bits per heavy atom. The number of halogens is 2. The van der Waals surface area contributed by atoms with Crippen LogP contribution in [0.4, 0.5) is 32.2 Å². The van der Waals surface area contributed by atoms with Crippen LogP contribution in [0.1, 0.15) is 107 Å². The summed E-state index contributed by atoms with van der Waals surface area (Å²) in [5, 5.41) is 0. The molecule has 10 aromatic heterocycles. The third kappa shape index (κ3) is 10.5. The van der Waals surface area contributed by atoms with Crippen molar-refractivity contribution in [2.24, 2.45) is 0 Å². The molecule has 10 rings (SSSR count). The van der Waals surface area contributed by atoms with E-state index in [1.54, 1.807) is 23.4 Å². The molecule has 360 valence electrons. The molecule has 10 heterocycles. The van der Waals surface area contributed by atoms with Crippen molar-refractivity contribution < 1.29 is 10.2 Å². The van der Waals surface area contributed by atoms with Crippen molar-refractivity contribution in [1.29, 1.82) is 0 Å². The van der Waals surface area contributed by atoms with Crippen molar-refractivity contribution in [1.82, 2.24) is 97.6 Å². The SMILES string of the molecule is CC(C)n1c(F)nc2c(N)ncnc21.CC(C)n1cnc2c(=O)[nH]c(F)nc21.CC(C)n1cnc2c(N)nc(N)nc21.CC(C)n1cnc2c(N)ncnc21.Cc1ncc2ncn(C(C)C)c2n1.[HH]. The third-order valence-corrected chi connectivity index (χ3v) is 9.90. The minimum absolute atomic E-state index is 0. The van der Waals surface area contributed by atoms with E-state index in [9.17, 15) is 13.6 Å². The van der Waals surface area contributed by atoms with Crippen molar-refractivity contribution in [3.8, 4) is 0 Å². The molecule has 0 bridgehead atoms. The number of hydrogen-bond acceptors (Lipinski definition) is 19. The van der Waals surface area contributed by atoms with E-state index in [0.717, 1.165) is 22.6 Å². The first kappa shape index (κ1) is 49.1. The number of hydrogen-bond donors (Lipinski definition) is 5. The lowest BCUT2D eigenvalue weighted by Crippen LogP contribution is -2.12. The number of nitrogens with zero attached hydrogens (tertiary/aromatic N) is 19. The van der Waals surface area contributed by atoms with Crippen molar-refractivity contribution in [3.05, 3.63) is 72.5 Å². The Labute approximate surface area is 388 Å². The lowest BCUT2D eigenvalue weighted by atomic mass is 10.4. The molecule has 0 aromatic carbocycles. The maximum atomic E-state index is 13.4. The summed E-state index contributed by atoms with van der Waals surface area (Å²) in [5.74, 6) is 1.93. The van der Waals surface area contributed by atoms with Crippen molar-refractivity contribution in [2.75, 3.05) is 22.9 Å². The first-order valence-corrected chi connectivity index (χ1v) is 21.3. The van der Waals surface area contributed by atoms with E-state index in [-0.39, 0.29) is 42.5 Å². The minimum Gasteiger partial charge on any atom is -0.382 e. The lowest BCUT2D eigenvalue weighted by Gasteiger charge is -2.06. The highest BCUT2D eigenvalue weighted by atomic mass is 19.1. The van der Waals surface area contributed by atoms with Crippen molar-refractivity contribution >= 4 is 79.2 Å². The van der Waals surface area contributed by atoms with Gasteiger partial charge in [0.25, 0.3) is 17.7 Å². The predicted octanol–water partition coefficient (Wildman–Crippen LogP) is 5.49. The zero-order valence-electron chi connectivity index (χ0n) is 39.4. The molecule has 25 nitrogen and oxygen atoms in total. The highest BCUT2D eigenvalue weighted by Gasteiger charge is 2.17. The first-order valence-electron chi connectivity index (χ1n) is 21.3. The maximum absolute atomic E-state index is 13.4. The van der Waals surface area contributed by atoms with E-state index < -0.39 is 17.7 Å². The minimum atomic E-state index is -0.884. The summed E-state index contributed by atoms with van der Waals surface area (Å²) in [6, 6.07) is 1.04. The van der Waals surface area contributed by atoms with E-state index in [1.165, 1.54) is 23.5 Å². The van der Waals surface area contributed by atoms with Crippen LogP contribution < -0.4 is 28.5 Å². The fourth-order valence-electron chi connectivity index (χ4n) is 6.51. The first-order chi connectivity index (χ1) is 32.2. The van der Waals surface area contributed by atoms with Crippen LogP contribution in [0.25, 0.3) is 55.8 Å². The van der Waals surface area contributed by atoms with Crippen LogP contribution in [-0.2, 0) is 0 Å². The van der Waals surface area contributed by atoms with Crippen LogP contribution in [0.2, 0.25) is 0 Å². The zero-order valence-corrected chi connectivity index (χ0v) is 39.4. The van der Waals surface area contributed by atoms with Crippen LogP contribution in [-0.4, -0.2) is 97.6 Å². The van der Waals surface area contributed by atoms with Crippen LogP contribution in [0.3, 0.4) is 0 Å². The number of rotatable bonds is 5. The van der Waals surface area contributed by atoms with Crippen molar-refractivity contribution in [3.63, 3.8) is 0 Å². The Balaban J connectivity index is 0.000000160. The molecule has 0 amide bonds. The van der Waals surface area contributed by atoms with Gasteiger partial charge in [-0.15, -0.1) is 0 Å². The molecule has 0 radical (unpaired) electrons. The summed E-state index contributed by atoms with van der Waals surface area (Å²) in [6.45, 7) is 21.8. The summed E-state index contributed by atoms with van der Waals surface area (Å²) < 4.78 is 35.1. The Hall–Kier alpha value is -8.39. The van der Waals surface area contributed by atoms with Gasteiger partial charge >= 0.3 is 0 Å². The quantitative estimate of drug-likeness (QED) is 0.105. The molecule has 0 aliphatic rings. The summed E-state index contributed by atoms with van der Waals surface area (Å²) in [5.41, 5.74) is 27.6. The number of H-pyrrole nitrogens is 1. The van der Waals surface area contributed by atoms with Gasteiger partial charge in [0.05, 0.1) is 31.5 Å². The van der Waals surface area contributed by atoms with Crippen LogP contribution in [0.15, 0.2) is 49.0 Å². The van der Waals surface area contributed by atoms with Crippen LogP contribution in [0, 0.1) is 19.1 Å². The van der Waals surface area contributed by atoms with Crippen LogP contribution in [0.5, 0.6) is 0 Å². The standard InChI is InChI=1S/C9H12N4.C8H10FN5.C8H9FN4O.C8H12N6.C8H11N5.H2/c1-6(2)13-5-11-8-4-10-7(3)12-9(8)13;1-4(2)14-7-5(13-8(14)9)6(10)11-3-12-7;1-4(2)13-3-10-5-6(13)11-8(9)12-7(5)14;1-4(2)14-3-11-5-6(9)12-8(10)13-7(5)14;1-5(2)13-4-12-6-7(9)10-3-11-8(6)13;/h4-6H,1-3H3;3-4H,1-2H3,(H2,10,11,12);3-4H,1-2H3,(H,11,12,14);3-4H,1-2H3,(H4,9,10,12,13);3-5H,1-2H3,(H2,9,10,11);1H. The largest absolute Gasteiger partial charge is 0.382 e. The Bertz CT molecular complexity index is 3370. The molecule has 0 unspecified atom stereocenters. The highest BCUT2D eigenvalue weighted by Crippen LogP contribution is 2.22. The number of nitrogens with two attached hydrogens (primary N) is 4. The predicted molar refractivity (Wildman–Crippen MR) is 256 cm³/mol. The maximum Gasteiger partial charge on any atom is 0.291 e. The molecule has 0 fully saturated rings. The second kappa shape index (κ2) is 20.4. The number of nitrogens with one attached hydrogen (secondary N) is 1. The highest BCUT2D eigenvalue weighted by molar-refractivity contribution is 5.83. The Morgan fingerprint density at radius 2 is 0.985 bits per heavy atom. The van der Waals surface area contributed by atoms with Gasteiger partial charge in [-0.25, -0.2) is 49.8 Å². The van der Waals surface area contributed by atoms with Gasteiger partial charge in [0.15, 0.2) is 56.7 Å². The second-order valence-corrected chi connectivity index (χ2v) is 16.5. The van der Waals surface area contributed by atoms with Gasteiger partial charge in [-0.1, -0.05) is 0 Å². The average molecular weight is 939 g/mol. The topological polar surface area (TPSA) is 342 Å². The molecule has 9 N–H and O–H groups in total. The second-order valence-electron chi connectivity index (χ2n) is 16.5. The molecule has 0 saturated carbocycles.